The van der Waals surface area contributed by atoms with Crippen molar-refractivity contribution in [2.24, 2.45) is 11.7 Å². The zero-order valence-electron chi connectivity index (χ0n) is 19.8. The molecule has 174 valence electrons. The van der Waals surface area contributed by atoms with Gasteiger partial charge in [-0.2, -0.15) is 0 Å². The Kier molecular flexibility index (Phi) is 7.40. The molecule has 0 aliphatic carbocycles. The van der Waals surface area contributed by atoms with Crippen LogP contribution in [0.1, 0.15) is 48.3 Å². The van der Waals surface area contributed by atoms with Crippen LogP contribution in [0.15, 0.2) is 24.3 Å². The predicted octanol–water partition coefficient (Wildman–Crippen LogP) is 3.21. The van der Waals surface area contributed by atoms with Gasteiger partial charge in [0.25, 0.3) is 0 Å². The van der Waals surface area contributed by atoms with E-state index >= 15 is 0 Å². The number of sulfone groups is 1. The maximum Gasteiger partial charge on any atom is 0.227 e. The SMILES string of the molecule is Cc1ccc(-c2c(CC(=O)N3CCC(S(C)(=O)=O)C3)c(C)nc(CC(C)C)c2CN)cc1. The highest BCUT2D eigenvalue weighted by molar-refractivity contribution is 7.91. The summed E-state index contributed by atoms with van der Waals surface area (Å²) >= 11 is 0. The largest absolute Gasteiger partial charge is 0.341 e. The molecule has 0 radical (unpaired) electrons. The average Bonchev–Trinajstić information content (AvgIpc) is 3.21. The number of carbonyl (C=O) groups is 1. The van der Waals surface area contributed by atoms with E-state index in [1.807, 2.05) is 13.8 Å². The smallest absolute Gasteiger partial charge is 0.227 e. The first-order valence-corrected chi connectivity index (χ1v) is 13.2. The van der Waals surface area contributed by atoms with E-state index in [0.29, 0.717) is 25.4 Å². The van der Waals surface area contributed by atoms with Crippen LogP contribution in [0, 0.1) is 19.8 Å². The maximum atomic E-state index is 13.2. The molecule has 2 N–H and O–H groups in total. The Morgan fingerprint density at radius 3 is 2.38 bits per heavy atom. The maximum absolute atomic E-state index is 13.2. The van der Waals surface area contributed by atoms with Gasteiger partial charge in [0.15, 0.2) is 9.84 Å². The lowest BCUT2D eigenvalue weighted by atomic mass is 9.88. The molecule has 1 saturated heterocycles. The number of hydrogen-bond donors (Lipinski definition) is 1. The van der Waals surface area contributed by atoms with Crippen molar-refractivity contribution in [2.75, 3.05) is 19.3 Å². The highest BCUT2D eigenvalue weighted by Crippen LogP contribution is 2.33. The number of rotatable bonds is 7. The Morgan fingerprint density at radius 2 is 1.84 bits per heavy atom. The molecule has 1 aliphatic heterocycles. The van der Waals surface area contributed by atoms with Gasteiger partial charge >= 0.3 is 0 Å². The minimum atomic E-state index is -3.16. The number of nitrogens with two attached hydrogens (primary N) is 1. The molecule has 2 aromatic rings. The molecule has 1 fully saturated rings. The Hall–Kier alpha value is -2.25. The molecule has 2 heterocycles. The number of benzene rings is 1. The van der Waals surface area contributed by atoms with Crippen molar-refractivity contribution < 1.29 is 13.2 Å². The monoisotopic (exact) mass is 457 g/mol. The fraction of sp³-hybridized carbons (Fsp3) is 0.520. The molecule has 1 aromatic heterocycles. The van der Waals surface area contributed by atoms with E-state index in [0.717, 1.165) is 45.6 Å². The summed E-state index contributed by atoms with van der Waals surface area (Å²) < 4.78 is 23.9. The van der Waals surface area contributed by atoms with Crippen molar-refractivity contribution in [3.63, 3.8) is 0 Å². The number of pyridine rings is 1. The Labute approximate surface area is 192 Å². The zero-order chi connectivity index (χ0) is 23.6. The van der Waals surface area contributed by atoms with Gasteiger partial charge in [-0.1, -0.05) is 43.7 Å². The summed E-state index contributed by atoms with van der Waals surface area (Å²) in [5.41, 5.74) is 13.1. The van der Waals surface area contributed by atoms with E-state index in [1.165, 1.54) is 6.26 Å². The molecule has 3 rings (SSSR count). The van der Waals surface area contributed by atoms with Gasteiger partial charge in [-0.05, 0) is 54.9 Å². The average molecular weight is 458 g/mol. The van der Waals surface area contributed by atoms with Gasteiger partial charge in [-0.25, -0.2) is 8.42 Å². The number of hydrogen-bond acceptors (Lipinski definition) is 5. The molecule has 32 heavy (non-hydrogen) atoms. The Balaban J connectivity index is 2.04. The minimum absolute atomic E-state index is 0.0611. The zero-order valence-corrected chi connectivity index (χ0v) is 20.6. The number of carbonyl (C=O) groups excluding carboxylic acids is 1. The molecule has 7 heteroatoms. The summed E-state index contributed by atoms with van der Waals surface area (Å²) in [5.74, 6) is 0.372. The third-order valence-corrected chi connectivity index (χ3v) is 7.86. The summed E-state index contributed by atoms with van der Waals surface area (Å²) in [6.07, 6.45) is 2.75. The second-order valence-electron chi connectivity index (χ2n) is 9.40. The van der Waals surface area contributed by atoms with Gasteiger partial charge in [0, 0.05) is 37.3 Å². The fourth-order valence-electron chi connectivity index (χ4n) is 4.47. The van der Waals surface area contributed by atoms with Crippen molar-refractivity contribution in [3.05, 3.63) is 52.3 Å². The first-order chi connectivity index (χ1) is 15.0. The summed E-state index contributed by atoms with van der Waals surface area (Å²) in [6, 6.07) is 8.28. The van der Waals surface area contributed by atoms with Crippen LogP contribution in [-0.4, -0.2) is 48.8 Å². The van der Waals surface area contributed by atoms with E-state index in [2.05, 4.69) is 38.1 Å². The molecule has 0 bridgehead atoms. The molecule has 0 spiro atoms. The minimum Gasteiger partial charge on any atom is -0.341 e. The van der Waals surface area contributed by atoms with Crippen LogP contribution in [0.5, 0.6) is 0 Å². The third-order valence-electron chi connectivity index (χ3n) is 6.27. The predicted molar refractivity (Wildman–Crippen MR) is 129 cm³/mol. The lowest BCUT2D eigenvalue weighted by molar-refractivity contribution is -0.129. The van der Waals surface area contributed by atoms with Crippen molar-refractivity contribution in [2.45, 2.75) is 58.8 Å². The lowest BCUT2D eigenvalue weighted by Crippen LogP contribution is -2.33. The molecular weight excluding hydrogens is 422 g/mol. The van der Waals surface area contributed by atoms with Crippen LogP contribution in [0.3, 0.4) is 0 Å². The van der Waals surface area contributed by atoms with Crippen molar-refractivity contribution >= 4 is 15.7 Å². The van der Waals surface area contributed by atoms with Gasteiger partial charge in [0.1, 0.15) is 0 Å². The molecule has 1 amide bonds. The van der Waals surface area contributed by atoms with Crippen LogP contribution >= 0.6 is 0 Å². The quantitative estimate of drug-likeness (QED) is 0.689. The summed E-state index contributed by atoms with van der Waals surface area (Å²) in [5, 5.41) is -0.477. The van der Waals surface area contributed by atoms with E-state index in [1.54, 1.807) is 4.90 Å². The van der Waals surface area contributed by atoms with Gasteiger partial charge in [0.05, 0.1) is 11.7 Å². The first-order valence-electron chi connectivity index (χ1n) is 11.3. The van der Waals surface area contributed by atoms with Crippen LogP contribution in [0.2, 0.25) is 0 Å². The van der Waals surface area contributed by atoms with Crippen LogP contribution in [0.25, 0.3) is 11.1 Å². The Bertz CT molecular complexity index is 1090. The third kappa shape index (κ3) is 5.38. The van der Waals surface area contributed by atoms with Crippen molar-refractivity contribution in [1.29, 1.82) is 0 Å². The lowest BCUT2D eigenvalue weighted by Gasteiger charge is -2.23. The van der Waals surface area contributed by atoms with Gasteiger partial charge in [0.2, 0.25) is 5.91 Å². The second kappa shape index (κ2) is 9.71. The highest BCUT2D eigenvalue weighted by atomic mass is 32.2. The number of amides is 1. The van der Waals surface area contributed by atoms with Gasteiger partial charge in [-0.3, -0.25) is 9.78 Å². The number of aromatic nitrogens is 1. The molecule has 6 nitrogen and oxygen atoms in total. The van der Waals surface area contributed by atoms with Crippen LogP contribution < -0.4 is 5.73 Å². The molecule has 1 unspecified atom stereocenters. The molecule has 1 atom stereocenters. The van der Waals surface area contributed by atoms with Crippen molar-refractivity contribution in [3.8, 4) is 11.1 Å². The summed E-state index contributed by atoms with van der Waals surface area (Å²) in [6.45, 7) is 9.40. The standard InChI is InChI=1S/C25H35N3O3S/c1-16(2)12-23-22(14-26)25(19-8-6-17(3)7-9-19)21(18(4)27-23)13-24(29)28-11-10-20(15-28)32(5,30)31/h6-9,16,20H,10-15,26H2,1-5H3. The van der Waals surface area contributed by atoms with Crippen LogP contribution in [0.4, 0.5) is 0 Å². The van der Waals surface area contributed by atoms with Gasteiger partial charge in [-0.15, -0.1) is 0 Å². The normalized spacial score (nSPS) is 16.7. The first kappa shape index (κ1) is 24.4. The number of nitrogens with zero attached hydrogens (tertiary/aromatic N) is 2. The Morgan fingerprint density at radius 1 is 1.19 bits per heavy atom. The van der Waals surface area contributed by atoms with E-state index in [9.17, 15) is 13.2 Å². The van der Waals surface area contributed by atoms with E-state index < -0.39 is 15.1 Å². The summed E-state index contributed by atoms with van der Waals surface area (Å²) in [7, 11) is -3.16. The fourth-order valence-corrected chi connectivity index (χ4v) is 5.46. The highest BCUT2D eigenvalue weighted by Gasteiger charge is 2.33. The van der Waals surface area contributed by atoms with E-state index in [-0.39, 0.29) is 18.9 Å². The second-order valence-corrected chi connectivity index (χ2v) is 11.7. The van der Waals surface area contributed by atoms with Gasteiger partial charge < -0.3 is 10.6 Å². The topological polar surface area (TPSA) is 93.4 Å². The number of aryl methyl sites for hydroxylation is 2. The molecule has 1 aromatic carbocycles. The summed E-state index contributed by atoms with van der Waals surface area (Å²) in [4.78, 5) is 19.8. The van der Waals surface area contributed by atoms with Crippen molar-refractivity contribution in [1.82, 2.24) is 9.88 Å². The van der Waals surface area contributed by atoms with Crippen LogP contribution in [-0.2, 0) is 34.0 Å². The van der Waals surface area contributed by atoms with E-state index in [4.69, 9.17) is 10.7 Å². The molecule has 0 saturated carbocycles. The molecular formula is C25H35N3O3S. The number of likely N-dealkylation sites (tertiary alicyclic amines) is 1. The molecule has 1 aliphatic rings.